The van der Waals surface area contributed by atoms with Crippen LogP contribution >= 0.6 is 0 Å². The smallest absolute Gasteiger partial charge is 0.303 e. The zero-order valence-corrected chi connectivity index (χ0v) is 4.66. The summed E-state index contributed by atoms with van der Waals surface area (Å²) in [7, 11) is 0. The van der Waals surface area contributed by atoms with Crippen molar-refractivity contribution in [2.75, 3.05) is 0 Å². The third-order valence-corrected chi connectivity index (χ3v) is 1.03. The Hall–Kier alpha value is -0.930. The fraction of sp³-hybridized carbons (Fsp3) is 0.800. The summed E-state index contributed by atoms with van der Waals surface area (Å²) in [5, 5.41) is 15.1. The molecule has 0 amide bonds. The average molecular weight is 131 g/mol. The molecule has 0 bridgehead atoms. The molecule has 0 saturated heterocycles. The summed E-state index contributed by atoms with van der Waals surface area (Å²) in [5.41, 5.74) is -1.41. The van der Waals surface area contributed by atoms with Crippen molar-refractivity contribution in [1.29, 1.82) is 0 Å². The van der Waals surface area contributed by atoms with Crippen LogP contribution < -0.4 is 0 Å². The molecule has 9 heavy (non-hydrogen) atoms. The third-order valence-electron chi connectivity index (χ3n) is 1.03. The van der Waals surface area contributed by atoms with E-state index < -0.39 is 18.5 Å². The van der Waals surface area contributed by atoms with Gasteiger partial charge in [0.25, 0.3) is 0 Å². The molecule has 0 aliphatic carbocycles. The van der Waals surface area contributed by atoms with Crippen molar-refractivity contribution in [3.8, 4) is 0 Å². The Bertz CT molecular complexity index is 229. The van der Waals surface area contributed by atoms with Gasteiger partial charge in [-0.15, -0.1) is 0 Å². The predicted octanol–water partition coefficient (Wildman–Crippen LogP) is 1.03. The maximum Gasteiger partial charge on any atom is 0.303 e. The third kappa shape index (κ3) is 1.79. The van der Waals surface area contributed by atoms with E-state index in [1.165, 1.54) is 0 Å². The Morgan fingerprint density at radius 1 is 1.89 bits per heavy atom. The first-order valence-electron chi connectivity index (χ1n) is 4.03. The minimum Gasteiger partial charge on any atom is -0.481 e. The van der Waals surface area contributed by atoms with Crippen molar-refractivity contribution in [1.82, 2.24) is 0 Å². The van der Waals surface area contributed by atoms with Gasteiger partial charge in [0, 0.05) is 17.0 Å². The van der Waals surface area contributed by atoms with E-state index in [4.69, 9.17) is 9.22 Å². The fourth-order valence-electron chi connectivity index (χ4n) is 0.442. The molecule has 1 aliphatic rings. The second kappa shape index (κ2) is 1.79. The Morgan fingerprint density at radius 2 is 2.56 bits per heavy atom. The van der Waals surface area contributed by atoms with Crippen molar-refractivity contribution in [2.24, 2.45) is 10.2 Å². The van der Waals surface area contributed by atoms with Gasteiger partial charge in [0.05, 0.1) is 0 Å². The molecular formula is C5H8N2O2. The highest BCUT2D eigenvalue weighted by atomic mass is 16.4. The highest BCUT2D eigenvalue weighted by Gasteiger charge is 2.33. The van der Waals surface area contributed by atoms with Crippen molar-refractivity contribution in [2.45, 2.75) is 25.4 Å². The van der Waals surface area contributed by atoms with Gasteiger partial charge in [0.2, 0.25) is 0 Å². The Kier molecular flexibility index (Phi) is 0.654. The van der Waals surface area contributed by atoms with E-state index in [0.29, 0.717) is 0 Å². The molecular weight excluding hydrogens is 120 g/mol. The summed E-state index contributed by atoms with van der Waals surface area (Å²) in [6, 6.07) is 0. The van der Waals surface area contributed by atoms with E-state index in [1.54, 1.807) is 0 Å². The molecule has 50 valence electrons. The zero-order chi connectivity index (χ0) is 9.41. The molecule has 0 aromatic rings. The number of carbonyl (C=O) groups is 1. The fourth-order valence-corrected chi connectivity index (χ4v) is 0.442. The summed E-state index contributed by atoms with van der Waals surface area (Å²) >= 11 is 0. The summed E-state index contributed by atoms with van der Waals surface area (Å²) in [4.78, 5) is 10.1. The van der Waals surface area contributed by atoms with Gasteiger partial charge in [-0.3, -0.25) is 4.79 Å². The van der Waals surface area contributed by atoms with Crippen molar-refractivity contribution >= 4 is 5.97 Å². The first-order valence-corrected chi connectivity index (χ1v) is 2.53. The van der Waals surface area contributed by atoms with E-state index in [-0.39, 0.29) is 12.8 Å². The second-order valence-electron chi connectivity index (χ2n) is 1.91. The van der Waals surface area contributed by atoms with E-state index in [1.807, 2.05) is 0 Å². The van der Waals surface area contributed by atoms with Crippen LogP contribution in [0.3, 0.4) is 0 Å². The molecule has 0 atom stereocenters. The van der Waals surface area contributed by atoms with Gasteiger partial charge in [-0.2, -0.15) is 10.2 Å². The molecule has 0 aromatic heterocycles. The number of rotatable bonds is 3. The summed E-state index contributed by atoms with van der Waals surface area (Å²) in [5.74, 6) is -1.03. The van der Waals surface area contributed by atoms with E-state index in [2.05, 4.69) is 10.2 Å². The lowest BCUT2D eigenvalue weighted by Crippen LogP contribution is -2.07. The summed E-state index contributed by atoms with van der Waals surface area (Å²) < 4.78 is 21.0. The van der Waals surface area contributed by atoms with Gasteiger partial charge in [-0.1, -0.05) is 0 Å². The molecule has 0 fully saturated rings. The maximum atomic E-state index is 10.1. The van der Waals surface area contributed by atoms with E-state index in [0.717, 1.165) is 0 Å². The predicted molar refractivity (Wildman–Crippen MR) is 30.1 cm³/mol. The minimum absolute atomic E-state index is 0.0428. The number of hydrogen-bond acceptors (Lipinski definition) is 3. The van der Waals surface area contributed by atoms with Crippen LogP contribution in [0.2, 0.25) is 0 Å². The van der Waals surface area contributed by atoms with Gasteiger partial charge in [-0.05, 0) is 6.85 Å². The molecule has 1 heterocycles. The number of nitrogens with zero attached hydrogens (tertiary/aromatic N) is 2. The second-order valence-corrected chi connectivity index (χ2v) is 1.91. The number of hydrogen-bond donors (Lipinski definition) is 1. The molecule has 0 aromatic carbocycles. The summed E-state index contributed by atoms with van der Waals surface area (Å²) in [6.07, 6.45) is -0.260. The van der Waals surface area contributed by atoms with Gasteiger partial charge in [-0.25, -0.2) is 0 Å². The lowest BCUT2D eigenvalue weighted by Gasteiger charge is -1.97. The lowest BCUT2D eigenvalue weighted by molar-refractivity contribution is -0.137. The van der Waals surface area contributed by atoms with Crippen LogP contribution in [0.15, 0.2) is 10.2 Å². The highest BCUT2D eigenvalue weighted by Crippen LogP contribution is 2.31. The van der Waals surface area contributed by atoms with Crippen molar-refractivity contribution in [3.05, 3.63) is 0 Å². The molecule has 0 unspecified atom stereocenters. The van der Waals surface area contributed by atoms with Crippen LogP contribution in [-0.2, 0) is 4.79 Å². The van der Waals surface area contributed by atoms with Crippen LogP contribution in [0.4, 0.5) is 0 Å². The molecule has 0 saturated carbocycles. The molecule has 1 N–H and O–H groups in total. The maximum absolute atomic E-state index is 10.1. The summed E-state index contributed by atoms with van der Waals surface area (Å²) in [6.45, 7) is -2.30. The molecule has 1 aliphatic heterocycles. The van der Waals surface area contributed by atoms with Crippen LogP contribution in [0.1, 0.15) is 23.8 Å². The SMILES string of the molecule is [2H]C([2H])([2H])C1(CCC(=O)O)N=N1. The van der Waals surface area contributed by atoms with Crippen molar-refractivity contribution < 1.29 is 14.0 Å². The van der Waals surface area contributed by atoms with E-state index >= 15 is 0 Å². The molecule has 4 nitrogen and oxygen atoms in total. The first kappa shape index (κ1) is 3.29. The van der Waals surface area contributed by atoms with Crippen molar-refractivity contribution in [3.63, 3.8) is 0 Å². The van der Waals surface area contributed by atoms with Crippen LogP contribution in [-0.4, -0.2) is 16.7 Å². The largest absolute Gasteiger partial charge is 0.481 e. The quantitative estimate of drug-likeness (QED) is 0.621. The topological polar surface area (TPSA) is 62.0 Å². The minimum atomic E-state index is -2.30. The Labute approximate surface area is 56.8 Å². The van der Waals surface area contributed by atoms with Crippen LogP contribution in [0, 0.1) is 0 Å². The normalized spacial score (nSPS) is 26.0. The molecule has 1 rings (SSSR count). The van der Waals surface area contributed by atoms with Gasteiger partial charge >= 0.3 is 5.97 Å². The Morgan fingerprint density at radius 3 is 2.89 bits per heavy atom. The van der Waals surface area contributed by atoms with Gasteiger partial charge in [0.15, 0.2) is 5.66 Å². The zero-order valence-electron chi connectivity index (χ0n) is 7.66. The average Bonchev–Trinajstić information content (AvgIpc) is 2.60. The lowest BCUT2D eigenvalue weighted by atomic mass is 10.1. The van der Waals surface area contributed by atoms with Gasteiger partial charge < -0.3 is 5.11 Å². The molecule has 0 spiro atoms. The first-order chi connectivity index (χ1) is 5.37. The Balaban J connectivity index is 2.46. The van der Waals surface area contributed by atoms with Gasteiger partial charge in [0.1, 0.15) is 0 Å². The number of carboxylic acids is 1. The number of carboxylic acid groups (broad SMARTS) is 1. The standard InChI is InChI=1S/C5H8N2O2/c1-5(6-7-5)3-2-4(8)9/h2-3H2,1H3,(H,8,9)/i1D3. The number of aliphatic carboxylic acids is 1. The van der Waals surface area contributed by atoms with Crippen LogP contribution in [0.5, 0.6) is 0 Å². The molecule has 0 radical (unpaired) electrons. The highest BCUT2D eigenvalue weighted by molar-refractivity contribution is 5.66. The monoisotopic (exact) mass is 131 g/mol. The van der Waals surface area contributed by atoms with Crippen LogP contribution in [0.25, 0.3) is 0 Å². The van der Waals surface area contributed by atoms with E-state index in [9.17, 15) is 4.79 Å². The molecule has 4 heteroatoms.